The number of nitrogens with zero attached hydrogens (tertiary/aromatic N) is 3. The molecule has 5 heteroatoms. The van der Waals surface area contributed by atoms with Crippen LogP contribution in [0.4, 0.5) is 5.82 Å². The number of anilines is 1. The maximum atomic E-state index is 11.4. The van der Waals surface area contributed by atoms with Crippen molar-refractivity contribution in [2.24, 2.45) is 5.92 Å². The Morgan fingerprint density at radius 2 is 1.95 bits per heavy atom. The number of rotatable bonds is 3. The molecule has 108 valence electrons. The van der Waals surface area contributed by atoms with Crippen molar-refractivity contribution in [1.29, 1.82) is 0 Å². The summed E-state index contributed by atoms with van der Waals surface area (Å²) in [6, 6.07) is 0.515. The normalized spacial score (nSPS) is 23.5. The van der Waals surface area contributed by atoms with Gasteiger partial charge in [-0.2, -0.15) is 0 Å². The molecular weight excluding hydrogens is 274 g/mol. The lowest BCUT2D eigenvalue weighted by Gasteiger charge is -2.31. The molecule has 0 radical (unpaired) electrons. The highest BCUT2D eigenvalue weighted by Crippen LogP contribution is 2.38. The fourth-order valence-corrected chi connectivity index (χ4v) is 3.99. The van der Waals surface area contributed by atoms with Gasteiger partial charge in [0.05, 0.1) is 5.56 Å². The second kappa shape index (κ2) is 5.68. The molecule has 1 aromatic heterocycles. The van der Waals surface area contributed by atoms with Crippen molar-refractivity contribution in [2.45, 2.75) is 51.5 Å². The van der Waals surface area contributed by atoms with Gasteiger partial charge in [-0.1, -0.05) is 24.4 Å². The smallest absolute Gasteiger partial charge is 0.156 e. The Morgan fingerprint density at radius 1 is 1.20 bits per heavy atom. The van der Waals surface area contributed by atoms with Gasteiger partial charge in [0.1, 0.15) is 16.8 Å². The van der Waals surface area contributed by atoms with E-state index in [1.807, 2.05) is 6.92 Å². The van der Waals surface area contributed by atoms with E-state index in [1.54, 1.807) is 0 Å². The van der Waals surface area contributed by atoms with Crippen molar-refractivity contribution >= 4 is 23.7 Å². The molecule has 1 aliphatic heterocycles. The molecular formula is C15H20ClN3O. The number of hydrogen-bond acceptors (Lipinski definition) is 4. The van der Waals surface area contributed by atoms with Crippen LogP contribution < -0.4 is 4.90 Å². The summed E-state index contributed by atoms with van der Waals surface area (Å²) in [5.41, 5.74) is 0.446. The van der Waals surface area contributed by atoms with Gasteiger partial charge in [0.15, 0.2) is 6.29 Å². The Bertz CT molecular complexity index is 514. The average Bonchev–Trinajstić information content (AvgIpc) is 3.08. The zero-order valence-corrected chi connectivity index (χ0v) is 12.6. The number of halogens is 1. The lowest BCUT2D eigenvalue weighted by atomic mass is 9.96. The van der Waals surface area contributed by atoms with Crippen LogP contribution in [0.25, 0.3) is 0 Å². The van der Waals surface area contributed by atoms with E-state index in [2.05, 4.69) is 14.9 Å². The second-order valence-corrected chi connectivity index (χ2v) is 6.22. The van der Waals surface area contributed by atoms with E-state index in [0.717, 1.165) is 24.6 Å². The van der Waals surface area contributed by atoms with Gasteiger partial charge >= 0.3 is 0 Å². The minimum absolute atomic E-state index is 0.277. The van der Waals surface area contributed by atoms with Crippen LogP contribution in [0, 0.1) is 12.8 Å². The summed E-state index contributed by atoms with van der Waals surface area (Å²) >= 11 is 6.11. The average molecular weight is 294 g/mol. The molecule has 1 aromatic rings. The summed E-state index contributed by atoms with van der Waals surface area (Å²) < 4.78 is 0. The minimum Gasteiger partial charge on any atom is -0.353 e. The fourth-order valence-electron chi connectivity index (χ4n) is 3.74. The van der Waals surface area contributed by atoms with Crippen LogP contribution in [0.3, 0.4) is 0 Å². The summed E-state index contributed by atoms with van der Waals surface area (Å²) in [5.74, 6) is 2.12. The number of aldehydes is 1. The van der Waals surface area contributed by atoms with E-state index >= 15 is 0 Å². The van der Waals surface area contributed by atoms with Crippen LogP contribution in [0.5, 0.6) is 0 Å². The molecule has 1 aliphatic carbocycles. The molecule has 4 nitrogen and oxygen atoms in total. The van der Waals surface area contributed by atoms with E-state index in [9.17, 15) is 4.79 Å². The van der Waals surface area contributed by atoms with E-state index in [4.69, 9.17) is 11.6 Å². The lowest BCUT2D eigenvalue weighted by molar-refractivity contribution is 0.112. The number of carbonyl (C=O) groups is 1. The summed E-state index contributed by atoms with van der Waals surface area (Å²) in [6.07, 6.45) is 8.42. The highest BCUT2D eigenvalue weighted by Gasteiger charge is 2.35. The first-order valence-corrected chi connectivity index (χ1v) is 7.84. The maximum Gasteiger partial charge on any atom is 0.156 e. The predicted molar refractivity (Wildman–Crippen MR) is 79.5 cm³/mol. The Kier molecular flexibility index (Phi) is 3.92. The maximum absolute atomic E-state index is 11.4. The molecule has 2 fully saturated rings. The van der Waals surface area contributed by atoms with Gasteiger partial charge in [-0.25, -0.2) is 9.97 Å². The van der Waals surface area contributed by atoms with E-state index < -0.39 is 0 Å². The van der Waals surface area contributed by atoms with Gasteiger partial charge in [-0.05, 0) is 38.5 Å². The van der Waals surface area contributed by atoms with Gasteiger partial charge in [0.2, 0.25) is 0 Å². The van der Waals surface area contributed by atoms with Gasteiger partial charge in [0.25, 0.3) is 0 Å². The largest absolute Gasteiger partial charge is 0.353 e. The molecule has 0 N–H and O–H groups in total. The number of aryl methyl sites for hydroxylation is 1. The van der Waals surface area contributed by atoms with Gasteiger partial charge in [0, 0.05) is 12.6 Å². The van der Waals surface area contributed by atoms with Crippen molar-refractivity contribution in [1.82, 2.24) is 9.97 Å². The first-order chi connectivity index (χ1) is 9.70. The lowest BCUT2D eigenvalue weighted by Crippen LogP contribution is -2.36. The Hall–Kier alpha value is -1.16. The van der Waals surface area contributed by atoms with Crippen molar-refractivity contribution in [3.63, 3.8) is 0 Å². The molecule has 0 amide bonds. The zero-order chi connectivity index (χ0) is 14.1. The van der Waals surface area contributed by atoms with E-state index in [1.165, 1.54) is 38.5 Å². The molecule has 2 aliphatic rings. The van der Waals surface area contributed by atoms with Crippen molar-refractivity contribution in [3.8, 4) is 0 Å². The van der Waals surface area contributed by atoms with Crippen LogP contribution >= 0.6 is 11.6 Å². The number of aromatic nitrogens is 2. The summed E-state index contributed by atoms with van der Waals surface area (Å²) in [7, 11) is 0. The highest BCUT2D eigenvalue weighted by atomic mass is 35.5. The fraction of sp³-hybridized carbons (Fsp3) is 0.667. The van der Waals surface area contributed by atoms with Crippen molar-refractivity contribution < 1.29 is 4.79 Å². The minimum atomic E-state index is 0.277. The quantitative estimate of drug-likeness (QED) is 0.633. The van der Waals surface area contributed by atoms with Crippen molar-refractivity contribution in [2.75, 3.05) is 11.4 Å². The SMILES string of the molecule is Cc1nc(Cl)c(C=O)c(N2CCCC2C2CCCC2)n1. The molecule has 0 bridgehead atoms. The van der Waals surface area contributed by atoms with Crippen LogP contribution in [-0.2, 0) is 0 Å². The molecule has 1 atom stereocenters. The first kappa shape index (κ1) is 13.8. The molecule has 1 unspecified atom stereocenters. The Morgan fingerprint density at radius 3 is 2.65 bits per heavy atom. The summed E-state index contributed by atoms with van der Waals surface area (Å²) in [5, 5.41) is 0.277. The molecule has 0 aromatic carbocycles. The van der Waals surface area contributed by atoms with Crippen molar-refractivity contribution in [3.05, 3.63) is 16.5 Å². The molecule has 1 saturated heterocycles. The van der Waals surface area contributed by atoms with E-state index in [-0.39, 0.29) is 5.15 Å². The molecule has 3 rings (SSSR count). The third-order valence-corrected chi connectivity index (χ3v) is 4.91. The second-order valence-electron chi connectivity index (χ2n) is 5.86. The van der Waals surface area contributed by atoms with Crippen LogP contribution in [0.2, 0.25) is 5.15 Å². The van der Waals surface area contributed by atoms with Crippen LogP contribution in [0.1, 0.15) is 54.7 Å². The monoisotopic (exact) mass is 293 g/mol. The topological polar surface area (TPSA) is 46.1 Å². The molecule has 0 spiro atoms. The zero-order valence-electron chi connectivity index (χ0n) is 11.8. The standard InChI is InChI=1S/C15H20ClN3O/c1-10-17-14(16)12(9-20)15(18-10)19-8-4-7-13(19)11-5-2-3-6-11/h9,11,13H,2-8H2,1H3. The molecule has 20 heavy (non-hydrogen) atoms. The Balaban J connectivity index is 1.96. The first-order valence-electron chi connectivity index (χ1n) is 7.46. The van der Waals surface area contributed by atoms with Gasteiger partial charge < -0.3 is 4.90 Å². The van der Waals surface area contributed by atoms with Crippen LogP contribution in [0.15, 0.2) is 0 Å². The summed E-state index contributed by atoms with van der Waals surface area (Å²) in [6.45, 7) is 2.79. The third kappa shape index (κ3) is 2.41. The van der Waals surface area contributed by atoms with Gasteiger partial charge in [-0.3, -0.25) is 4.79 Å². The van der Waals surface area contributed by atoms with Crippen LogP contribution in [-0.4, -0.2) is 28.8 Å². The Labute approximate surface area is 124 Å². The number of carbonyl (C=O) groups excluding carboxylic acids is 1. The summed E-state index contributed by atoms with van der Waals surface area (Å²) in [4.78, 5) is 22.3. The van der Waals surface area contributed by atoms with E-state index in [0.29, 0.717) is 17.4 Å². The number of hydrogen-bond donors (Lipinski definition) is 0. The third-order valence-electron chi connectivity index (χ3n) is 4.62. The predicted octanol–water partition coefficient (Wildman–Crippen LogP) is 3.41. The van der Waals surface area contributed by atoms with Gasteiger partial charge in [-0.15, -0.1) is 0 Å². The molecule has 2 heterocycles. The molecule has 1 saturated carbocycles. The highest BCUT2D eigenvalue weighted by molar-refractivity contribution is 6.32.